The molecule has 4 N–H and O–H groups in total. The number of hydrogen-bond donors (Lipinski definition) is 4. The highest BCUT2D eigenvalue weighted by Gasteiger charge is 2.61. The molecule has 2 saturated heterocycles. The number of aliphatic hydroxyl groups is 4. The Balaban J connectivity index is 0.000000283. The van der Waals surface area contributed by atoms with E-state index in [1.165, 1.54) is 64.7 Å². The van der Waals surface area contributed by atoms with Crippen LogP contribution in [0.1, 0.15) is 225 Å². The summed E-state index contributed by atoms with van der Waals surface area (Å²) in [6.45, 7) is 47.8. The number of carbonyl (C=O) groups excluding carboxylic acids is 11. The molecule has 19 unspecified atom stereocenters. The zero-order chi connectivity index (χ0) is 96.8. The predicted molar refractivity (Wildman–Crippen MR) is 485 cm³/mol. The summed E-state index contributed by atoms with van der Waals surface area (Å²) < 4.78 is 66.5. The second kappa shape index (κ2) is 49.9. The van der Waals surface area contributed by atoms with Crippen LogP contribution in [0.2, 0.25) is 0 Å². The maximum absolute atomic E-state index is 15.6. The molecular weight excluding hydrogens is 1670 g/mol. The third-order valence-electron chi connectivity index (χ3n) is 29.9. The van der Waals surface area contributed by atoms with Gasteiger partial charge in [-0.25, -0.2) is 24.0 Å². The van der Waals surface area contributed by atoms with Crippen molar-refractivity contribution in [1.29, 1.82) is 0 Å². The van der Waals surface area contributed by atoms with E-state index in [4.69, 9.17) is 57.6 Å². The summed E-state index contributed by atoms with van der Waals surface area (Å²) in [5.74, 6) is -4.73. The zero-order valence-electron chi connectivity index (χ0n) is 81.2. The molecule has 29 nitrogen and oxygen atoms in total. The number of carbonyl (C=O) groups is 11. The van der Waals surface area contributed by atoms with Crippen molar-refractivity contribution in [3.63, 3.8) is 0 Å². The molecule has 2 aliphatic heterocycles. The molecule has 12 bridgehead atoms. The summed E-state index contributed by atoms with van der Waals surface area (Å²) in [6.07, 6.45) is 17.3. The Labute approximate surface area is 772 Å². The summed E-state index contributed by atoms with van der Waals surface area (Å²) in [5.41, 5.74) is 1.18. The fourth-order valence-corrected chi connectivity index (χ4v) is 22.6. The Kier molecular flexibility index (Phi) is 42.0. The fraction of sp³-hybridized carbons (Fsp3) is 0.772. The van der Waals surface area contributed by atoms with Gasteiger partial charge < -0.3 is 87.1 Å². The van der Waals surface area contributed by atoms with Gasteiger partial charge in [-0.2, -0.15) is 0 Å². The number of esters is 11. The van der Waals surface area contributed by atoms with E-state index in [1.54, 1.807) is 27.7 Å². The van der Waals surface area contributed by atoms with E-state index in [0.717, 1.165) is 82.1 Å². The Morgan fingerprint density at radius 1 is 0.400 bits per heavy atom. The monoisotopic (exact) mass is 1830 g/mol. The molecule has 0 spiro atoms. The minimum Gasteiger partial charge on any atom is -0.495 e. The van der Waals surface area contributed by atoms with Crippen molar-refractivity contribution in [3.8, 4) is 0 Å². The van der Waals surface area contributed by atoms with Crippen LogP contribution in [0, 0.1) is 130 Å². The molecule has 0 aromatic heterocycles. The van der Waals surface area contributed by atoms with Crippen molar-refractivity contribution in [2.24, 2.45) is 130 Å². The van der Waals surface area contributed by atoms with Gasteiger partial charge in [0.05, 0.1) is 55.5 Å². The van der Waals surface area contributed by atoms with Crippen LogP contribution in [-0.4, -0.2) is 238 Å². The first-order chi connectivity index (χ1) is 61.0. The molecule has 12 saturated carbocycles. The van der Waals surface area contributed by atoms with Gasteiger partial charge in [-0.3, -0.25) is 28.8 Å². The summed E-state index contributed by atoms with van der Waals surface area (Å²) in [7, 11) is 7.62. The van der Waals surface area contributed by atoms with Crippen LogP contribution in [0.4, 0.5) is 0 Å². The number of nitrogens with zero attached hydrogens (tertiary/aromatic N) is 2. The topological polar surface area (TPSA) is 386 Å². The van der Waals surface area contributed by atoms with E-state index in [2.05, 4.69) is 62.8 Å². The Hall–Kier alpha value is -7.83. The number of likely N-dealkylation sites (N-methyl/N-ethyl adjacent to an activating group) is 2. The molecule has 0 aromatic carbocycles. The average molecular weight is 1830 g/mol. The van der Waals surface area contributed by atoms with Crippen LogP contribution >= 0.6 is 0 Å². The third-order valence-corrected chi connectivity index (χ3v) is 29.9. The molecule has 0 radical (unpaired) electrons. The van der Waals surface area contributed by atoms with Crippen LogP contribution < -0.4 is 0 Å². The Bertz CT molecular complexity index is 3880. The van der Waals surface area contributed by atoms with Crippen molar-refractivity contribution in [2.45, 2.75) is 273 Å². The number of allylic oxidation sites excluding steroid dienone is 1. The van der Waals surface area contributed by atoms with Crippen LogP contribution in [-0.2, 0) is 110 Å². The molecule has 734 valence electrons. The number of fused-ring (bicyclic) bond motifs is 4. The van der Waals surface area contributed by atoms with Gasteiger partial charge >= 0.3 is 65.7 Å². The molecule has 130 heavy (non-hydrogen) atoms. The van der Waals surface area contributed by atoms with Gasteiger partial charge in [0.15, 0.2) is 0 Å². The maximum Gasteiger partial charge on any atom is 0.333 e. The molecular formula is C101H158N2O27. The summed E-state index contributed by atoms with van der Waals surface area (Å²) >= 11 is 0. The minimum absolute atomic E-state index is 0.0364. The van der Waals surface area contributed by atoms with E-state index >= 15 is 9.59 Å². The van der Waals surface area contributed by atoms with Gasteiger partial charge in [-0.05, 0) is 293 Å². The molecule has 14 rings (SSSR count). The number of hydrogen-bond acceptors (Lipinski definition) is 29. The summed E-state index contributed by atoms with van der Waals surface area (Å²) in [4.78, 5) is 142. The van der Waals surface area contributed by atoms with Crippen molar-refractivity contribution in [3.05, 3.63) is 73.1 Å². The largest absolute Gasteiger partial charge is 0.495 e. The molecule has 29 heteroatoms. The van der Waals surface area contributed by atoms with Gasteiger partial charge in [-0.15, -0.1) is 0 Å². The van der Waals surface area contributed by atoms with Crippen LogP contribution in [0.25, 0.3) is 0 Å². The van der Waals surface area contributed by atoms with Crippen LogP contribution in [0.15, 0.2) is 73.1 Å². The lowest BCUT2D eigenvalue weighted by Crippen LogP contribution is -2.59. The molecule has 2 heterocycles. The minimum atomic E-state index is -1.12. The second-order valence-electron chi connectivity index (χ2n) is 41.3. The van der Waals surface area contributed by atoms with E-state index in [9.17, 15) is 53.4 Å². The molecule has 19 atom stereocenters. The second-order valence-corrected chi connectivity index (χ2v) is 41.3. The van der Waals surface area contributed by atoms with Gasteiger partial charge in [0.1, 0.15) is 87.5 Å². The van der Waals surface area contributed by atoms with E-state index < -0.39 is 138 Å². The Morgan fingerprint density at radius 3 is 1.14 bits per heavy atom. The first kappa shape index (κ1) is 109. The first-order valence-electron chi connectivity index (χ1n) is 47.6. The predicted octanol–water partition coefficient (Wildman–Crippen LogP) is 12.8. The van der Waals surface area contributed by atoms with Crippen LogP contribution in [0.3, 0.4) is 0 Å². The quantitative estimate of drug-likeness (QED) is 0.0193. The van der Waals surface area contributed by atoms with Crippen molar-refractivity contribution >= 4 is 65.7 Å². The first-order valence-corrected chi connectivity index (χ1v) is 47.6. The van der Waals surface area contributed by atoms with Gasteiger partial charge in [0, 0.05) is 46.9 Å². The lowest BCUT2D eigenvalue weighted by Gasteiger charge is -2.59. The van der Waals surface area contributed by atoms with Gasteiger partial charge in [-0.1, -0.05) is 87.9 Å². The van der Waals surface area contributed by atoms with Crippen molar-refractivity contribution in [2.75, 3.05) is 94.1 Å². The maximum atomic E-state index is 15.6. The average Bonchev–Trinajstić information content (AvgIpc) is 0.906. The van der Waals surface area contributed by atoms with E-state index in [0.29, 0.717) is 76.7 Å². The molecule has 14 aliphatic rings. The summed E-state index contributed by atoms with van der Waals surface area (Å²) in [6, 6.07) is 0. The smallest absolute Gasteiger partial charge is 0.333 e. The Morgan fingerprint density at radius 2 is 0.762 bits per heavy atom. The highest BCUT2D eigenvalue weighted by molar-refractivity contribution is 5.89. The summed E-state index contributed by atoms with van der Waals surface area (Å²) in [5, 5.41) is 36.6. The number of ether oxygens (including phenoxy) is 12. The van der Waals surface area contributed by atoms with Crippen molar-refractivity contribution in [1.82, 2.24) is 9.80 Å². The van der Waals surface area contributed by atoms with Crippen LogP contribution in [0.5, 0.6) is 0 Å². The highest BCUT2D eigenvalue weighted by atomic mass is 16.6. The molecule has 0 amide bonds. The standard InChI is InChI=1S/C52H83NO13.C15H22O2.C11H16O2.C8H15NO2.C8H10O4.C7H12O4/c1-27(2)44(49(58)64-41-23-43(56)63-26-41)30(5)47(51(60)66-52(9)38-18-35-16-36(20-38)21-39(52)19-35)32(7)46(50(59)65-42-22-34-12-13-37(42)17-34)31(6)45(48(57)61-15-14-53(10)11)29(4)28(3)33(8)62-25-40(55)24-54;1-9(2)14(16)17-15(3)12-5-10-4-11(7-12)8-13(15)6-10;1-7(2)11(12)13-10-6-8-3-4-9(10)5-8;1-7(2)8(10)11-6-5-9(3)4;1-5(2)8(10)12-6-3-7(9)11-4-6;1-5(2)7(10)11-4-6(9)3-8/h27-32,34-42,44-47,54-55H,8,12-26H2,1-7,9-11H3;10-13H,1,4-8H2,2-3H3;8-10H,1,3-6H2,2H3;1,5-6H2,2-4H3;6H,1,3-4H2,2H3;6,8-9H,1,3-4H2,2H3. The molecule has 0 aromatic rings. The fourth-order valence-electron chi connectivity index (χ4n) is 22.6. The zero-order valence-corrected chi connectivity index (χ0v) is 81.2. The molecule has 12 aliphatic carbocycles. The lowest BCUT2D eigenvalue weighted by atomic mass is 9.50. The highest BCUT2D eigenvalue weighted by Crippen LogP contribution is 2.62. The van der Waals surface area contributed by atoms with Gasteiger partial charge in [0.2, 0.25) is 0 Å². The number of aliphatic hydroxyl groups excluding tert-OH is 4. The number of cyclic esters (lactones) is 2. The molecule has 14 fully saturated rings. The van der Waals surface area contributed by atoms with Crippen molar-refractivity contribution < 1.29 is 130 Å². The SMILES string of the molecule is C=C(C)C(=O)OC1(C)C2CC3CC(C2)CC1C3.C=C(C)C(=O)OC1CC2CCC1C2.C=C(C)C(=O)OC1COC(=O)C1.C=C(C)C(=O)OCC(O)CO.C=C(C)C(=O)OCCN(C)C.C=C(OCC(O)CO)C(C)C(C)C(C(=O)OCCN(C)C)C(C)C(C(=O)OC1CC2CCC1C2)C(C)C(C(=O)OC1(C)C2CC3CC(C2)CC1C3)C(C)C(C(=O)OC1COC(=O)C1)C(C)C. The van der Waals surface area contributed by atoms with Gasteiger partial charge in [0.25, 0.3) is 0 Å². The number of rotatable bonds is 38. The van der Waals surface area contributed by atoms with E-state index in [1.807, 2.05) is 86.5 Å². The third kappa shape index (κ3) is 30.6. The van der Waals surface area contributed by atoms with E-state index in [-0.39, 0.29) is 117 Å². The normalized spacial score (nSPS) is 30.5. The lowest BCUT2D eigenvalue weighted by molar-refractivity contribution is -0.212.